The van der Waals surface area contributed by atoms with Crippen molar-refractivity contribution in [1.82, 2.24) is 9.99 Å². The molecule has 0 unspecified atom stereocenters. The van der Waals surface area contributed by atoms with Gasteiger partial charge >= 0.3 is 0 Å². The summed E-state index contributed by atoms with van der Waals surface area (Å²) in [7, 11) is 0. The SMILES string of the molecule is O=C(NN=Cc1ccc(N2CCOCC2)c([N+](=O)[O-])c1)c1ccccc1-n1cccc1. The van der Waals surface area contributed by atoms with Crippen LogP contribution < -0.4 is 10.3 Å². The molecule has 0 bridgehead atoms. The fourth-order valence-corrected chi connectivity index (χ4v) is 3.45. The van der Waals surface area contributed by atoms with Gasteiger partial charge < -0.3 is 14.2 Å². The van der Waals surface area contributed by atoms with Gasteiger partial charge in [0.1, 0.15) is 5.69 Å². The van der Waals surface area contributed by atoms with Gasteiger partial charge in [0.25, 0.3) is 11.6 Å². The van der Waals surface area contributed by atoms with Crippen molar-refractivity contribution < 1.29 is 14.5 Å². The molecule has 158 valence electrons. The van der Waals surface area contributed by atoms with E-state index in [1.165, 1.54) is 12.3 Å². The number of hydrogen-bond donors (Lipinski definition) is 1. The van der Waals surface area contributed by atoms with E-state index in [4.69, 9.17) is 4.74 Å². The molecule has 3 aromatic rings. The van der Waals surface area contributed by atoms with Crippen molar-refractivity contribution in [2.75, 3.05) is 31.2 Å². The summed E-state index contributed by atoms with van der Waals surface area (Å²) in [6.45, 7) is 2.28. The maximum atomic E-state index is 12.6. The molecule has 0 radical (unpaired) electrons. The molecule has 1 aliphatic heterocycles. The van der Waals surface area contributed by atoms with Gasteiger partial charge in [-0.05, 0) is 30.3 Å². The van der Waals surface area contributed by atoms with Crippen LogP contribution in [-0.4, -0.2) is 47.9 Å². The average molecular weight is 419 g/mol. The zero-order valence-corrected chi connectivity index (χ0v) is 16.7. The number of rotatable bonds is 6. The summed E-state index contributed by atoms with van der Waals surface area (Å²) in [5.74, 6) is -0.375. The van der Waals surface area contributed by atoms with E-state index in [1.54, 1.807) is 24.3 Å². The molecule has 2 heterocycles. The molecule has 2 aromatic carbocycles. The number of morpholine rings is 1. The minimum atomic E-state index is -0.409. The minimum absolute atomic E-state index is 0.00451. The summed E-state index contributed by atoms with van der Waals surface area (Å²) in [4.78, 5) is 25.7. The van der Waals surface area contributed by atoms with Gasteiger partial charge in [-0.1, -0.05) is 18.2 Å². The number of ether oxygens (including phenoxy) is 1. The van der Waals surface area contributed by atoms with E-state index in [1.807, 2.05) is 46.1 Å². The van der Waals surface area contributed by atoms with Crippen molar-refractivity contribution in [2.24, 2.45) is 5.10 Å². The Hall–Kier alpha value is -3.98. The molecule has 1 aromatic heterocycles. The summed E-state index contributed by atoms with van der Waals surface area (Å²) in [5, 5.41) is 15.6. The number of aromatic nitrogens is 1. The second-order valence-electron chi connectivity index (χ2n) is 6.91. The summed E-state index contributed by atoms with van der Waals surface area (Å²) >= 11 is 0. The van der Waals surface area contributed by atoms with Crippen molar-refractivity contribution in [2.45, 2.75) is 0 Å². The Bertz CT molecular complexity index is 1100. The Morgan fingerprint density at radius 3 is 2.55 bits per heavy atom. The second-order valence-corrected chi connectivity index (χ2v) is 6.91. The zero-order valence-electron chi connectivity index (χ0n) is 16.7. The molecule has 0 aliphatic carbocycles. The molecule has 0 saturated carbocycles. The third-order valence-corrected chi connectivity index (χ3v) is 4.96. The molecule has 0 spiro atoms. The first-order chi connectivity index (χ1) is 15.1. The maximum absolute atomic E-state index is 12.6. The first kappa shape index (κ1) is 20.3. The van der Waals surface area contributed by atoms with Crippen molar-refractivity contribution in [3.63, 3.8) is 0 Å². The minimum Gasteiger partial charge on any atom is -0.378 e. The van der Waals surface area contributed by atoms with Crippen molar-refractivity contribution in [3.05, 3.63) is 88.2 Å². The monoisotopic (exact) mass is 419 g/mol. The highest BCUT2D eigenvalue weighted by molar-refractivity contribution is 5.98. The zero-order chi connectivity index (χ0) is 21.6. The molecular weight excluding hydrogens is 398 g/mol. The van der Waals surface area contributed by atoms with E-state index in [9.17, 15) is 14.9 Å². The number of nitro groups is 1. The molecule has 9 nitrogen and oxygen atoms in total. The van der Waals surface area contributed by atoms with E-state index in [0.29, 0.717) is 43.1 Å². The third-order valence-electron chi connectivity index (χ3n) is 4.96. The van der Waals surface area contributed by atoms with Crippen LogP contribution in [0.25, 0.3) is 5.69 Å². The largest absolute Gasteiger partial charge is 0.378 e. The summed E-state index contributed by atoms with van der Waals surface area (Å²) in [6, 6.07) is 15.8. The van der Waals surface area contributed by atoms with Gasteiger partial charge in [-0.15, -0.1) is 0 Å². The van der Waals surface area contributed by atoms with Gasteiger partial charge in [-0.3, -0.25) is 14.9 Å². The average Bonchev–Trinajstić information content (AvgIpc) is 3.34. The van der Waals surface area contributed by atoms with Gasteiger partial charge in [0.15, 0.2) is 0 Å². The molecule has 1 fully saturated rings. The van der Waals surface area contributed by atoms with Crippen LogP contribution in [0.5, 0.6) is 0 Å². The van der Waals surface area contributed by atoms with Gasteiger partial charge in [0.05, 0.1) is 35.6 Å². The van der Waals surface area contributed by atoms with E-state index in [0.717, 1.165) is 5.69 Å². The lowest BCUT2D eigenvalue weighted by Gasteiger charge is -2.28. The summed E-state index contributed by atoms with van der Waals surface area (Å²) in [6.07, 6.45) is 5.10. The van der Waals surface area contributed by atoms with Crippen LogP contribution in [0.4, 0.5) is 11.4 Å². The van der Waals surface area contributed by atoms with Gasteiger partial charge in [0, 0.05) is 37.1 Å². The molecular formula is C22H21N5O4. The Balaban J connectivity index is 1.50. The predicted octanol–water partition coefficient (Wildman–Crippen LogP) is 2.99. The van der Waals surface area contributed by atoms with Crippen LogP contribution in [0.2, 0.25) is 0 Å². The van der Waals surface area contributed by atoms with Gasteiger partial charge in [-0.25, -0.2) is 5.43 Å². The first-order valence-corrected chi connectivity index (χ1v) is 9.80. The highest BCUT2D eigenvalue weighted by Crippen LogP contribution is 2.29. The molecule has 1 aliphatic rings. The number of nitrogens with one attached hydrogen (secondary N) is 1. The number of anilines is 1. The number of nitrogens with zero attached hydrogens (tertiary/aromatic N) is 4. The molecule has 31 heavy (non-hydrogen) atoms. The third kappa shape index (κ3) is 4.62. The van der Waals surface area contributed by atoms with Crippen molar-refractivity contribution in [1.29, 1.82) is 0 Å². The standard InChI is InChI=1S/C22H21N5O4/c28-22(18-5-1-2-6-19(18)25-9-3-4-10-25)24-23-16-17-7-8-20(21(15-17)27(29)30)26-11-13-31-14-12-26/h1-10,15-16H,11-14H2,(H,24,28). The molecule has 1 amide bonds. The smallest absolute Gasteiger partial charge is 0.293 e. The number of carbonyl (C=O) groups excluding carboxylic acids is 1. The predicted molar refractivity (Wildman–Crippen MR) is 117 cm³/mol. The van der Waals surface area contributed by atoms with E-state index >= 15 is 0 Å². The van der Waals surface area contributed by atoms with Crippen LogP contribution in [0, 0.1) is 10.1 Å². The van der Waals surface area contributed by atoms with Crippen LogP contribution in [0.15, 0.2) is 72.1 Å². The lowest BCUT2D eigenvalue weighted by molar-refractivity contribution is -0.384. The first-order valence-electron chi connectivity index (χ1n) is 9.80. The van der Waals surface area contributed by atoms with Gasteiger partial charge in [-0.2, -0.15) is 5.10 Å². The normalized spacial score (nSPS) is 14.0. The Morgan fingerprint density at radius 1 is 1.06 bits per heavy atom. The maximum Gasteiger partial charge on any atom is 0.293 e. The number of hydrazone groups is 1. The van der Waals surface area contributed by atoms with E-state index < -0.39 is 4.92 Å². The van der Waals surface area contributed by atoms with Crippen molar-refractivity contribution in [3.8, 4) is 5.69 Å². The van der Waals surface area contributed by atoms with E-state index in [2.05, 4.69) is 10.5 Å². The molecule has 4 rings (SSSR count). The molecule has 1 saturated heterocycles. The number of nitro benzene ring substituents is 1. The Morgan fingerprint density at radius 2 is 1.81 bits per heavy atom. The Kier molecular flexibility index (Phi) is 6.04. The molecule has 0 atom stereocenters. The lowest BCUT2D eigenvalue weighted by atomic mass is 10.1. The number of hydrogen-bond acceptors (Lipinski definition) is 6. The van der Waals surface area contributed by atoms with Crippen LogP contribution in [-0.2, 0) is 4.74 Å². The van der Waals surface area contributed by atoms with Gasteiger partial charge in [0.2, 0.25) is 0 Å². The highest BCUT2D eigenvalue weighted by atomic mass is 16.6. The van der Waals surface area contributed by atoms with Crippen LogP contribution in [0.3, 0.4) is 0 Å². The number of benzene rings is 2. The fourth-order valence-electron chi connectivity index (χ4n) is 3.45. The van der Waals surface area contributed by atoms with Crippen LogP contribution in [0.1, 0.15) is 15.9 Å². The quantitative estimate of drug-likeness (QED) is 0.376. The fraction of sp³-hybridized carbons (Fsp3) is 0.182. The number of carbonyl (C=O) groups is 1. The van der Waals surface area contributed by atoms with Crippen molar-refractivity contribution >= 4 is 23.5 Å². The Labute approximate surface area is 178 Å². The molecule has 9 heteroatoms. The second kappa shape index (κ2) is 9.23. The van der Waals surface area contributed by atoms with E-state index in [-0.39, 0.29) is 11.6 Å². The van der Waals surface area contributed by atoms with Crippen LogP contribution >= 0.6 is 0 Å². The molecule has 1 N–H and O–H groups in total. The topological polar surface area (TPSA) is 102 Å². The summed E-state index contributed by atoms with van der Waals surface area (Å²) < 4.78 is 7.15. The number of para-hydroxylation sites is 1. The lowest BCUT2D eigenvalue weighted by Crippen LogP contribution is -2.36. The highest BCUT2D eigenvalue weighted by Gasteiger charge is 2.21. The number of amides is 1. The summed E-state index contributed by atoms with van der Waals surface area (Å²) in [5.41, 5.74) is 4.75.